The van der Waals surface area contributed by atoms with Crippen LogP contribution in [0, 0.1) is 0 Å². The van der Waals surface area contributed by atoms with Gasteiger partial charge in [-0.3, -0.25) is 4.99 Å². The third-order valence-electron chi connectivity index (χ3n) is 4.40. The molecule has 1 unspecified atom stereocenters. The van der Waals surface area contributed by atoms with Crippen LogP contribution in [0.3, 0.4) is 0 Å². The number of nitrogens with zero attached hydrogens (tertiary/aromatic N) is 1. The average molecular weight is 445 g/mol. The molecule has 0 amide bonds. The fourth-order valence-corrected chi connectivity index (χ4v) is 2.99. The first-order valence-electron chi connectivity index (χ1n) is 8.93. The van der Waals surface area contributed by atoms with Crippen molar-refractivity contribution in [1.82, 2.24) is 10.6 Å². The van der Waals surface area contributed by atoms with Crippen molar-refractivity contribution in [2.45, 2.75) is 57.6 Å². The fraction of sp³-hybridized carbons (Fsp3) is 0.632. The van der Waals surface area contributed by atoms with Crippen molar-refractivity contribution < 1.29 is 4.74 Å². The van der Waals surface area contributed by atoms with E-state index in [0.717, 1.165) is 25.5 Å². The van der Waals surface area contributed by atoms with Crippen molar-refractivity contribution in [3.8, 4) is 0 Å². The first-order chi connectivity index (χ1) is 11.3. The molecule has 24 heavy (non-hydrogen) atoms. The standard InChI is InChI=1S/C19H31N3O.HI/c1-16(17-10-5-3-6-11-17)22-19(20-2)21-14-9-15-23-18-12-7-4-8-13-18;/h3,5-6,10-11,16,18H,4,7-9,12-15H2,1-2H3,(H2,20,21,22);1H. The predicted molar refractivity (Wildman–Crippen MR) is 112 cm³/mol. The Balaban J connectivity index is 0.00000288. The molecule has 5 heteroatoms. The highest BCUT2D eigenvalue weighted by Gasteiger charge is 2.13. The largest absolute Gasteiger partial charge is 0.378 e. The van der Waals surface area contributed by atoms with Crippen LogP contribution in [0.2, 0.25) is 0 Å². The van der Waals surface area contributed by atoms with Crippen molar-refractivity contribution in [3.05, 3.63) is 35.9 Å². The smallest absolute Gasteiger partial charge is 0.191 e. The molecule has 0 radical (unpaired) electrons. The lowest BCUT2D eigenvalue weighted by Crippen LogP contribution is -2.39. The lowest BCUT2D eigenvalue weighted by Gasteiger charge is -2.22. The third-order valence-corrected chi connectivity index (χ3v) is 4.40. The van der Waals surface area contributed by atoms with E-state index >= 15 is 0 Å². The Hall–Kier alpha value is -0.820. The van der Waals surface area contributed by atoms with Gasteiger partial charge in [0, 0.05) is 20.2 Å². The molecule has 2 rings (SSSR count). The summed E-state index contributed by atoms with van der Waals surface area (Å²) in [5.41, 5.74) is 1.26. The highest BCUT2D eigenvalue weighted by Crippen LogP contribution is 2.20. The van der Waals surface area contributed by atoms with Crippen LogP contribution in [0.25, 0.3) is 0 Å². The molecule has 2 N–H and O–H groups in total. The van der Waals surface area contributed by atoms with Crippen LogP contribution in [0.1, 0.15) is 57.1 Å². The molecule has 4 nitrogen and oxygen atoms in total. The molecule has 1 aromatic carbocycles. The first kappa shape index (κ1) is 21.2. The monoisotopic (exact) mass is 445 g/mol. The summed E-state index contributed by atoms with van der Waals surface area (Å²) in [6.07, 6.45) is 8.03. The summed E-state index contributed by atoms with van der Waals surface area (Å²) in [5.74, 6) is 0.846. The molecule has 0 saturated heterocycles. The molecule has 1 aliphatic rings. The summed E-state index contributed by atoms with van der Waals surface area (Å²) in [6, 6.07) is 10.7. The lowest BCUT2D eigenvalue weighted by molar-refractivity contribution is 0.0277. The minimum Gasteiger partial charge on any atom is -0.378 e. The van der Waals surface area contributed by atoms with Gasteiger partial charge in [-0.15, -0.1) is 24.0 Å². The number of hydrogen-bond acceptors (Lipinski definition) is 2. The second kappa shape index (κ2) is 12.5. The number of rotatable bonds is 7. The van der Waals surface area contributed by atoms with E-state index < -0.39 is 0 Å². The van der Waals surface area contributed by atoms with Crippen LogP contribution in [-0.2, 0) is 4.74 Å². The van der Waals surface area contributed by atoms with Gasteiger partial charge in [-0.05, 0) is 31.7 Å². The number of halogens is 1. The van der Waals surface area contributed by atoms with E-state index in [2.05, 4.69) is 46.8 Å². The van der Waals surface area contributed by atoms with E-state index in [1.54, 1.807) is 0 Å². The Kier molecular flexibility index (Phi) is 11.1. The Morgan fingerprint density at radius 3 is 2.58 bits per heavy atom. The summed E-state index contributed by atoms with van der Waals surface area (Å²) in [7, 11) is 1.81. The number of hydrogen-bond donors (Lipinski definition) is 2. The average Bonchev–Trinajstić information content (AvgIpc) is 2.62. The minimum atomic E-state index is 0. The van der Waals surface area contributed by atoms with Gasteiger partial charge in [-0.25, -0.2) is 0 Å². The number of guanidine groups is 1. The SMILES string of the molecule is CN=C(NCCCOC1CCCCC1)NC(C)c1ccccc1.I. The van der Waals surface area contributed by atoms with Crippen LogP contribution >= 0.6 is 24.0 Å². The molecule has 0 aromatic heterocycles. The fourth-order valence-electron chi connectivity index (χ4n) is 2.99. The summed E-state index contributed by atoms with van der Waals surface area (Å²) >= 11 is 0. The van der Waals surface area contributed by atoms with Crippen molar-refractivity contribution in [2.24, 2.45) is 4.99 Å². The molecule has 0 spiro atoms. The Morgan fingerprint density at radius 2 is 1.92 bits per heavy atom. The highest BCUT2D eigenvalue weighted by molar-refractivity contribution is 14.0. The third kappa shape index (κ3) is 7.83. The van der Waals surface area contributed by atoms with E-state index in [0.29, 0.717) is 6.10 Å². The van der Waals surface area contributed by atoms with Gasteiger partial charge in [0.2, 0.25) is 0 Å². The van der Waals surface area contributed by atoms with Crippen LogP contribution in [-0.4, -0.2) is 32.3 Å². The second-order valence-electron chi connectivity index (χ2n) is 6.26. The molecule has 1 aromatic rings. The van der Waals surface area contributed by atoms with Gasteiger partial charge in [-0.2, -0.15) is 0 Å². The zero-order chi connectivity index (χ0) is 16.3. The number of nitrogens with one attached hydrogen (secondary N) is 2. The molecule has 1 atom stereocenters. The zero-order valence-corrected chi connectivity index (χ0v) is 17.3. The molecule has 1 saturated carbocycles. The maximum absolute atomic E-state index is 5.95. The zero-order valence-electron chi connectivity index (χ0n) is 15.0. The van der Waals surface area contributed by atoms with Crippen LogP contribution < -0.4 is 10.6 Å². The summed E-state index contributed by atoms with van der Waals surface area (Å²) in [5, 5.41) is 6.79. The topological polar surface area (TPSA) is 45.7 Å². The molecule has 0 bridgehead atoms. The van der Waals surface area contributed by atoms with Crippen LogP contribution in [0.4, 0.5) is 0 Å². The number of aliphatic imine (C=N–C) groups is 1. The van der Waals surface area contributed by atoms with Gasteiger partial charge in [0.1, 0.15) is 0 Å². The van der Waals surface area contributed by atoms with Gasteiger partial charge in [-0.1, -0.05) is 49.6 Å². The molecule has 0 aliphatic heterocycles. The predicted octanol–water partition coefficient (Wildman–Crippen LogP) is 4.27. The van der Waals surface area contributed by atoms with Gasteiger partial charge in [0.15, 0.2) is 5.96 Å². The highest BCUT2D eigenvalue weighted by atomic mass is 127. The molecular formula is C19H32IN3O. The van der Waals surface area contributed by atoms with Gasteiger partial charge in [0.25, 0.3) is 0 Å². The quantitative estimate of drug-likeness (QED) is 0.285. The van der Waals surface area contributed by atoms with Crippen molar-refractivity contribution >= 4 is 29.9 Å². The van der Waals surface area contributed by atoms with E-state index in [-0.39, 0.29) is 30.0 Å². The molecule has 0 heterocycles. The maximum Gasteiger partial charge on any atom is 0.191 e. The second-order valence-corrected chi connectivity index (χ2v) is 6.26. The van der Waals surface area contributed by atoms with Crippen molar-refractivity contribution in [2.75, 3.05) is 20.2 Å². The van der Waals surface area contributed by atoms with Gasteiger partial charge < -0.3 is 15.4 Å². The Morgan fingerprint density at radius 1 is 1.21 bits per heavy atom. The Bertz CT molecular complexity index is 461. The van der Waals surface area contributed by atoms with Crippen molar-refractivity contribution in [3.63, 3.8) is 0 Å². The van der Waals surface area contributed by atoms with E-state index in [4.69, 9.17) is 4.74 Å². The first-order valence-corrected chi connectivity index (χ1v) is 8.93. The van der Waals surface area contributed by atoms with Crippen molar-refractivity contribution in [1.29, 1.82) is 0 Å². The van der Waals surface area contributed by atoms with E-state index in [9.17, 15) is 0 Å². The normalized spacial score (nSPS) is 17.0. The minimum absolute atomic E-state index is 0. The number of ether oxygens (including phenoxy) is 1. The van der Waals surface area contributed by atoms with E-state index in [1.165, 1.54) is 37.7 Å². The number of benzene rings is 1. The van der Waals surface area contributed by atoms with Crippen LogP contribution in [0.15, 0.2) is 35.3 Å². The maximum atomic E-state index is 5.95. The summed E-state index contributed by atoms with van der Waals surface area (Å²) in [4.78, 5) is 4.29. The molecule has 136 valence electrons. The molecule has 1 aliphatic carbocycles. The summed E-state index contributed by atoms with van der Waals surface area (Å²) in [6.45, 7) is 3.87. The van der Waals surface area contributed by atoms with Gasteiger partial charge >= 0.3 is 0 Å². The van der Waals surface area contributed by atoms with Crippen LogP contribution in [0.5, 0.6) is 0 Å². The molecular weight excluding hydrogens is 413 g/mol. The lowest BCUT2D eigenvalue weighted by atomic mass is 9.98. The molecule has 1 fully saturated rings. The summed E-state index contributed by atoms with van der Waals surface area (Å²) < 4.78 is 5.95. The van der Waals surface area contributed by atoms with E-state index in [1.807, 2.05) is 13.1 Å². The Labute approximate surface area is 163 Å². The van der Waals surface area contributed by atoms with Gasteiger partial charge in [0.05, 0.1) is 12.1 Å².